The normalized spacial score (nSPS) is 18.6. The van der Waals surface area contributed by atoms with Gasteiger partial charge in [0.1, 0.15) is 11.6 Å². The van der Waals surface area contributed by atoms with Crippen LogP contribution in [0.3, 0.4) is 0 Å². The van der Waals surface area contributed by atoms with E-state index >= 15 is 0 Å². The number of halogens is 4. The fourth-order valence-corrected chi connectivity index (χ4v) is 5.29. The number of rotatable bonds is 7. The van der Waals surface area contributed by atoms with Crippen molar-refractivity contribution in [3.8, 4) is 0 Å². The third-order valence-corrected chi connectivity index (χ3v) is 7.15. The molecule has 2 aromatic rings. The fraction of sp³-hybridized carbons (Fsp3) is 0.407. The van der Waals surface area contributed by atoms with Crippen molar-refractivity contribution < 1.29 is 41.8 Å². The lowest BCUT2D eigenvalue weighted by atomic mass is 9.82. The van der Waals surface area contributed by atoms with Crippen LogP contribution in [0.2, 0.25) is 0 Å². The van der Waals surface area contributed by atoms with E-state index in [9.17, 15) is 41.8 Å². The van der Waals surface area contributed by atoms with Crippen molar-refractivity contribution in [2.45, 2.75) is 50.7 Å². The van der Waals surface area contributed by atoms with E-state index in [1.165, 1.54) is 0 Å². The average molecular weight is 550 g/mol. The maximum absolute atomic E-state index is 13.9. The molecule has 1 saturated heterocycles. The Kier molecular flexibility index (Phi) is 8.51. The van der Waals surface area contributed by atoms with Gasteiger partial charge in [0, 0.05) is 36.3 Å². The molecule has 0 bridgehead atoms. The van der Waals surface area contributed by atoms with Gasteiger partial charge in [0.2, 0.25) is 0 Å². The van der Waals surface area contributed by atoms with E-state index in [0.29, 0.717) is 25.0 Å². The summed E-state index contributed by atoms with van der Waals surface area (Å²) in [6, 6.07) is 3.79. The molecule has 2 atom stereocenters. The number of nitrogens with zero attached hydrogens (tertiary/aromatic N) is 2. The molecule has 4 rings (SSSR count). The Balaban J connectivity index is 1.67. The molecule has 208 valence electrons. The van der Waals surface area contributed by atoms with Crippen molar-refractivity contribution in [2.24, 2.45) is 5.92 Å². The standard InChI is InChI=1S/C27H27F4N3O5/c28-18-10-17(11-19(29)13-18)27(39)34-9-8-33(26(38)16-6-7-20(30)21(31)12-16)25(34)24(37)32-22(14-23(35)36)15-4-2-1-3-5-15/h6-7,10-13,15,22,25H,1-5,8-9,14H2,(H,32,37)(H,35,36). The van der Waals surface area contributed by atoms with Gasteiger partial charge in [-0.25, -0.2) is 17.6 Å². The summed E-state index contributed by atoms with van der Waals surface area (Å²) in [5.41, 5.74) is -0.686. The lowest BCUT2D eigenvalue weighted by Crippen LogP contribution is -2.57. The first-order valence-electron chi connectivity index (χ1n) is 12.6. The van der Waals surface area contributed by atoms with Crippen molar-refractivity contribution >= 4 is 23.7 Å². The van der Waals surface area contributed by atoms with Gasteiger partial charge >= 0.3 is 5.97 Å². The smallest absolute Gasteiger partial charge is 0.305 e. The summed E-state index contributed by atoms with van der Waals surface area (Å²) >= 11 is 0. The Bertz CT molecular complexity index is 1260. The fourth-order valence-electron chi connectivity index (χ4n) is 5.29. The predicted octanol–water partition coefficient (Wildman–Crippen LogP) is 3.71. The highest BCUT2D eigenvalue weighted by Gasteiger charge is 2.44. The highest BCUT2D eigenvalue weighted by Crippen LogP contribution is 2.29. The maximum atomic E-state index is 13.9. The summed E-state index contributed by atoms with van der Waals surface area (Å²) in [5, 5.41) is 12.1. The molecule has 0 aromatic heterocycles. The monoisotopic (exact) mass is 549 g/mol. The van der Waals surface area contributed by atoms with Crippen molar-refractivity contribution in [2.75, 3.05) is 13.1 Å². The van der Waals surface area contributed by atoms with Crippen LogP contribution < -0.4 is 5.32 Å². The van der Waals surface area contributed by atoms with Crippen molar-refractivity contribution in [1.82, 2.24) is 15.1 Å². The van der Waals surface area contributed by atoms with Gasteiger partial charge in [0.05, 0.1) is 6.42 Å². The van der Waals surface area contributed by atoms with Crippen molar-refractivity contribution in [1.29, 1.82) is 0 Å². The zero-order valence-electron chi connectivity index (χ0n) is 20.8. The second-order valence-electron chi connectivity index (χ2n) is 9.77. The summed E-state index contributed by atoms with van der Waals surface area (Å²) in [6.07, 6.45) is 2.05. The van der Waals surface area contributed by atoms with E-state index in [2.05, 4.69) is 5.32 Å². The van der Waals surface area contributed by atoms with Crippen LogP contribution in [0.15, 0.2) is 36.4 Å². The SMILES string of the molecule is O=C(O)CC(NC(=O)C1N(C(=O)c2cc(F)cc(F)c2)CCN1C(=O)c1ccc(F)c(F)c1)C1CCCCC1. The van der Waals surface area contributed by atoms with E-state index in [0.717, 1.165) is 53.3 Å². The van der Waals surface area contributed by atoms with Crippen LogP contribution in [0.4, 0.5) is 17.6 Å². The Morgan fingerprint density at radius 3 is 1.97 bits per heavy atom. The molecule has 1 aliphatic carbocycles. The van der Waals surface area contributed by atoms with E-state index in [1.54, 1.807) is 0 Å². The molecule has 8 nitrogen and oxygen atoms in total. The van der Waals surface area contributed by atoms with Gasteiger partial charge in [-0.2, -0.15) is 0 Å². The Morgan fingerprint density at radius 1 is 0.821 bits per heavy atom. The van der Waals surface area contributed by atoms with Crippen LogP contribution in [0, 0.1) is 29.2 Å². The summed E-state index contributed by atoms with van der Waals surface area (Å²) in [6.45, 7) is -0.413. The van der Waals surface area contributed by atoms with Crippen LogP contribution in [0.5, 0.6) is 0 Å². The van der Waals surface area contributed by atoms with Gasteiger partial charge in [-0.3, -0.25) is 19.2 Å². The molecule has 1 aliphatic heterocycles. The Morgan fingerprint density at radius 2 is 1.41 bits per heavy atom. The molecular weight excluding hydrogens is 522 g/mol. The third kappa shape index (κ3) is 6.37. The van der Waals surface area contributed by atoms with Crippen LogP contribution in [-0.4, -0.2) is 63.9 Å². The van der Waals surface area contributed by atoms with Gasteiger partial charge in [-0.15, -0.1) is 0 Å². The van der Waals surface area contributed by atoms with Crippen LogP contribution in [0.25, 0.3) is 0 Å². The molecular formula is C27H27F4N3O5. The van der Waals surface area contributed by atoms with Gasteiger partial charge in [0.15, 0.2) is 17.8 Å². The number of nitrogens with one attached hydrogen (secondary N) is 1. The highest BCUT2D eigenvalue weighted by molar-refractivity contribution is 6.02. The average Bonchev–Trinajstić information content (AvgIpc) is 3.34. The molecule has 3 amide bonds. The number of aliphatic carboxylic acids is 1. The molecule has 2 aromatic carbocycles. The Labute approximate surface area is 221 Å². The number of carboxylic acids is 1. The minimum Gasteiger partial charge on any atom is -0.481 e. The minimum absolute atomic E-state index is 0.142. The van der Waals surface area contributed by atoms with Gasteiger partial charge < -0.3 is 20.2 Å². The minimum atomic E-state index is -1.63. The number of carboxylic acid groups (broad SMARTS) is 1. The zero-order valence-corrected chi connectivity index (χ0v) is 20.8. The van der Waals surface area contributed by atoms with E-state index < -0.39 is 64.7 Å². The highest BCUT2D eigenvalue weighted by atomic mass is 19.2. The molecule has 2 unspecified atom stereocenters. The number of benzene rings is 2. The van der Waals surface area contributed by atoms with Gasteiger partial charge in [0.25, 0.3) is 17.7 Å². The van der Waals surface area contributed by atoms with Gasteiger partial charge in [-0.05, 0) is 49.1 Å². The van der Waals surface area contributed by atoms with Gasteiger partial charge in [-0.1, -0.05) is 19.3 Å². The van der Waals surface area contributed by atoms with E-state index in [1.807, 2.05) is 0 Å². The molecule has 2 N–H and O–H groups in total. The lowest BCUT2D eigenvalue weighted by Gasteiger charge is -2.34. The Hall–Kier alpha value is -3.96. The first-order chi connectivity index (χ1) is 18.5. The van der Waals surface area contributed by atoms with Crippen molar-refractivity contribution in [3.05, 3.63) is 70.8 Å². The first kappa shape index (κ1) is 28.1. The quantitative estimate of drug-likeness (QED) is 0.513. The second-order valence-corrected chi connectivity index (χ2v) is 9.77. The van der Waals surface area contributed by atoms with E-state index in [4.69, 9.17) is 0 Å². The number of amides is 3. The molecule has 1 heterocycles. The number of carbonyl (C=O) groups excluding carboxylic acids is 3. The van der Waals surface area contributed by atoms with Crippen LogP contribution in [-0.2, 0) is 9.59 Å². The first-order valence-corrected chi connectivity index (χ1v) is 12.6. The van der Waals surface area contributed by atoms with Crippen LogP contribution >= 0.6 is 0 Å². The predicted molar refractivity (Wildman–Crippen MR) is 129 cm³/mol. The number of carbonyl (C=O) groups is 4. The summed E-state index contributed by atoms with van der Waals surface area (Å²) in [4.78, 5) is 53.8. The third-order valence-electron chi connectivity index (χ3n) is 7.15. The molecule has 2 fully saturated rings. The molecule has 0 radical (unpaired) electrons. The summed E-state index contributed by atoms with van der Waals surface area (Å²) in [5.74, 6) is -8.50. The maximum Gasteiger partial charge on any atom is 0.305 e. The van der Waals surface area contributed by atoms with E-state index in [-0.39, 0.29) is 31.0 Å². The zero-order chi connectivity index (χ0) is 28.3. The topological polar surface area (TPSA) is 107 Å². The number of hydrogen-bond acceptors (Lipinski definition) is 4. The molecule has 0 spiro atoms. The molecule has 12 heteroatoms. The molecule has 1 saturated carbocycles. The largest absolute Gasteiger partial charge is 0.481 e. The molecule has 39 heavy (non-hydrogen) atoms. The summed E-state index contributed by atoms with van der Waals surface area (Å²) < 4.78 is 55.0. The van der Waals surface area contributed by atoms with Crippen molar-refractivity contribution in [3.63, 3.8) is 0 Å². The lowest BCUT2D eigenvalue weighted by molar-refractivity contribution is -0.138. The van der Waals surface area contributed by atoms with Crippen LogP contribution in [0.1, 0.15) is 59.2 Å². The second kappa shape index (κ2) is 11.8. The molecule has 2 aliphatic rings. The number of hydrogen-bond donors (Lipinski definition) is 2. The summed E-state index contributed by atoms with van der Waals surface area (Å²) in [7, 11) is 0.